The normalized spacial score (nSPS) is 12.3. The van der Waals surface area contributed by atoms with Crippen LogP contribution in [-0.2, 0) is 16.3 Å². The summed E-state index contributed by atoms with van der Waals surface area (Å²) in [6.07, 6.45) is -3.83. The number of rotatable bonds is 7. The first-order valence-corrected chi connectivity index (χ1v) is 8.30. The predicted molar refractivity (Wildman–Crippen MR) is 99.3 cm³/mol. The highest BCUT2D eigenvalue weighted by Gasteiger charge is 2.31. The second-order valence-corrected chi connectivity index (χ2v) is 5.72. The van der Waals surface area contributed by atoms with Crippen LogP contribution in [0.15, 0.2) is 46.5 Å². The number of aliphatic imine (C=N–C) groups is 1. The van der Waals surface area contributed by atoms with Gasteiger partial charge in [-0.3, -0.25) is 9.83 Å². The molecule has 0 aliphatic rings. The molecule has 0 aliphatic heterocycles. The van der Waals surface area contributed by atoms with Crippen LogP contribution in [0.25, 0.3) is 0 Å². The molecule has 0 unspecified atom stereocenters. The number of benzene rings is 2. The maximum atomic E-state index is 13.9. The molecule has 2 aromatic rings. The number of nitrogens with one attached hydrogen (secondary N) is 1. The highest BCUT2D eigenvalue weighted by molar-refractivity contribution is 5.99. The van der Waals surface area contributed by atoms with Crippen molar-refractivity contribution in [1.29, 1.82) is 0 Å². The quantitative estimate of drug-likeness (QED) is 0.321. The summed E-state index contributed by atoms with van der Waals surface area (Å²) in [4.78, 5) is 14.3. The van der Waals surface area contributed by atoms with E-state index in [2.05, 4.69) is 20.4 Å². The smallest absolute Gasteiger partial charge is 0.406 e. The molecule has 0 saturated heterocycles. The van der Waals surface area contributed by atoms with E-state index in [1.807, 2.05) is 25.1 Å². The highest BCUT2D eigenvalue weighted by Crippen LogP contribution is 2.24. The second kappa shape index (κ2) is 9.87. The third kappa shape index (κ3) is 6.46. The van der Waals surface area contributed by atoms with Gasteiger partial charge in [0.05, 0.1) is 13.3 Å². The maximum Gasteiger partial charge on any atom is 0.573 e. The number of halogens is 4. The van der Waals surface area contributed by atoms with Crippen molar-refractivity contribution >= 4 is 12.1 Å². The summed E-state index contributed by atoms with van der Waals surface area (Å²) in [5.74, 6) is -1.10. The molecule has 0 spiro atoms. The van der Waals surface area contributed by atoms with E-state index in [0.717, 1.165) is 35.0 Å². The van der Waals surface area contributed by atoms with Crippen LogP contribution in [0.1, 0.15) is 22.3 Å². The topological polar surface area (TPSA) is 64.4 Å². The summed E-state index contributed by atoms with van der Waals surface area (Å²) in [5.41, 5.74) is 5.06. The van der Waals surface area contributed by atoms with E-state index in [-0.39, 0.29) is 12.2 Å². The first kappa shape index (κ1) is 22.2. The number of ether oxygens (including phenoxy) is 1. The van der Waals surface area contributed by atoms with Crippen molar-refractivity contribution in [1.82, 2.24) is 5.48 Å². The van der Waals surface area contributed by atoms with Crippen LogP contribution in [-0.4, -0.2) is 32.6 Å². The zero-order valence-electron chi connectivity index (χ0n) is 15.9. The third-order valence-corrected chi connectivity index (χ3v) is 3.77. The summed E-state index contributed by atoms with van der Waals surface area (Å²) in [6, 6.07) is 8.26. The summed E-state index contributed by atoms with van der Waals surface area (Å²) in [6.45, 7) is 1.94. The van der Waals surface area contributed by atoms with Crippen LogP contribution >= 0.6 is 0 Å². The molecule has 156 valence electrons. The lowest BCUT2D eigenvalue weighted by molar-refractivity contribution is -0.274. The standard InChI is InChI=1S/C19H19F4N3O3/c1-12-5-4-6-15(18(24-2)26-27-3)16(12)11-28-25-10-13-7-8-14(9-17(13)20)29-19(21,22)23/h4-10H,11H2,1-3H3,(H,24,26)/b25-10+. The predicted octanol–water partition coefficient (Wildman–Crippen LogP) is 4.11. The van der Waals surface area contributed by atoms with Crippen LogP contribution < -0.4 is 10.2 Å². The van der Waals surface area contributed by atoms with E-state index in [9.17, 15) is 17.6 Å². The number of amidine groups is 1. The Morgan fingerprint density at radius 3 is 2.59 bits per heavy atom. The Bertz CT molecular complexity index is 899. The van der Waals surface area contributed by atoms with Crippen molar-refractivity contribution in [3.8, 4) is 5.75 Å². The Morgan fingerprint density at radius 2 is 1.97 bits per heavy atom. The van der Waals surface area contributed by atoms with Gasteiger partial charge in [-0.15, -0.1) is 13.2 Å². The summed E-state index contributed by atoms with van der Waals surface area (Å²) in [7, 11) is 3.06. The number of hydroxylamine groups is 1. The number of alkyl halides is 3. The van der Waals surface area contributed by atoms with Gasteiger partial charge in [0.25, 0.3) is 0 Å². The van der Waals surface area contributed by atoms with E-state index in [1.54, 1.807) is 7.05 Å². The summed E-state index contributed by atoms with van der Waals surface area (Å²) in [5, 5.41) is 3.70. The van der Waals surface area contributed by atoms with Gasteiger partial charge in [-0.25, -0.2) is 9.87 Å². The number of hydrogen-bond donors (Lipinski definition) is 1. The molecule has 29 heavy (non-hydrogen) atoms. The van der Waals surface area contributed by atoms with Crippen LogP contribution in [0.5, 0.6) is 5.75 Å². The van der Waals surface area contributed by atoms with Crippen molar-refractivity contribution in [3.63, 3.8) is 0 Å². The Hall–Kier alpha value is -3.14. The number of nitrogens with zero attached hydrogens (tertiary/aromatic N) is 2. The average Bonchev–Trinajstić information content (AvgIpc) is 2.64. The molecule has 0 fully saturated rings. The van der Waals surface area contributed by atoms with Crippen molar-refractivity contribution in [2.75, 3.05) is 14.2 Å². The molecule has 0 aromatic heterocycles. The molecule has 0 radical (unpaired) electrons. The minimum Gasteiger partial charge on any atom is -0.406 e. The Morgan fingerprint density at radius 1 is 1.21 bits per heavy atom. The van der Waals surface area contributed by atoms with Gasteiger partial charge in [0, 0.05) is 29.8 Å². The fourth-order valence-electron chi connectivity index (χ4n) is 2.44. The number of hydrogen-bond acceptors (Lipinski definition) is 5. The minimum absolute atomic E-state index is 0.0543. The molecule has 0 amide bonds. The monoisotopic (exact) mass is 413 g/mol. The molecule has 0 heterocycles. The van der Waals surface area contributed by atoms with Crippen molar-refractivity contribution in [2.45, 2.75) is 19.9 Å². The minimum atomic E-state index is -4.89. The van der Waals surface area contributed by atoms with Crippen LogP contribution in [0, 0.1) is 12.7 Å². The largest absolute Gasteiger partial charge is 0.573 e. The Kier molecular flexibility index (Phi) is 7.54. The highest BCUT2D eigenvalue weighted by atomic mass is 19.4. The molecule has 1 N–H and O–H groups in total. The van der Waals surface area contributed by atoms with Gasteiger partial charge in [0.15, 0.2) is 5.84 Å². The first-order valence-electron chi connectivity index (χ1n) is 8.30. The SMILES string of the molecule is CN=C(NOC)c1cccc(C)c1CO/N=C/c1ccc(OC(F)(F)F)cc1F. The molecule has 0 bridgehead atoms. The Balaban J connectivity index is 2.10. The molecule has 2 aromatic carbocycles. The van der Waals surface area contributed by atoms with Gasteiger partial charge in [0.2, 0.25) is 0 Å². The number of oxime groups is 1. The zero-order valence-corrected chi connectivity index (χ0v) is 15.9. The molecule has 10 heteroatoms. The van der Waals surface area contributed by atoms with Gasteiger partial charge in [-0.1, -0.05) is 23.4 Å². The van der Waals surface area contributed by atoms with Crippen molar-refractivity contribution in [3.05, 3.63) is 64.5 Å². The maximum absolute atomic E-state index is 13.9. The van der Waals surface area contributed by atoms with E-state index in [4.69, 9.17) is 9.68 Å². The van der Waals surface area contributed by atoms with Gasteiger partial charge < -0.3 is 9.57 Å². The fraction of sp³-hybridized carbons (Fsp3) is 0.263. The van der Waals surface area contributed by atoms with E-state index < -0.39 is 17.9 Å². The van der Waals surface area contributed by atoms with Crippen LogP contribution in [0.3, 0.4) is 0 Å². The molecule has 0 saturated carbocycles. The zero-order chi connectivity index (χ0) is 21.4. The summed E-state index contributed by atoms with van der Waals surface area (Å²) >= 11 is 0. The second-order valence-electron chi connectivity index (χ2n) is 5.72. The van der Waals surface area contributed by atoms with Gasteiger partial charge >= 0.3 is 6.36 Å². The van der Waals surface area contributed by atoms with Crippen LogP contribution in [0.2, 0.25) is 0 Å². The van der Waals surface area contributed by atoms with E-state index in [0.29, 0.717) is 11.9 Å². The van der Waals surface area contributed by atoms with Crippen molar-refractivity contribution in [2.24, 2.45) is 10.1 Å². The van der Waals surface area contributed by atoms with E-state index in [1.165, 1.54) is 7.11 Å². The summed E-state index contributed by atoms with van der Waals surface area (Å²) < 4.78 is 54.1. The molecular formula is C19H19F4N3O3. The Labute approximate surface area is 164 Å². The van der Waals surface area contributed by atoms with Gasteiger partial charge in [-0.05, 0) is 24.6 Å². The van der Waals surface area contributed by atoms with Gasteiger partial charge in [0.1, 0.15) is 18.2 Å². The first-order chi connectivity index (χ1) is 13.7. The lowest BCUT2D eigenvalue weighted by Crippen LogP contribution is -2.24. The fourth-order valence-corrected chi connectivity index (χ4v) is 2.44. The molecule has 0 atom stereocenters. The molecule has 0 aliphatic carbocycles. The lowest BCUT2D eigenvalue weighted by Gasteiger charge is -2.14. The lowest BCUT2D eigenvalue weighted by atomic mass is 10.0. The van der Waals surface area contributed by atoms with Crippen molar-refractivity contribution < 1.29 is 32.0 Å². The number of aryl methyl sites for hydroxylation is 1. The molecule has 6 nitrogen and oxygen atoms in total. The third-order valence-electron chi connectivity index (χ3n) is 3.77. The van der Waals surface area contributed by atoms with Gasteiger partial charge in [-0.2, -0.15) is 0 Å². The average molecular weight is 413 g/mol. The van der Waals surface area contributed by atoms with Crippen LogP contribution in [0.4, 0.5) is 17.6 Å². The van der Waals surface area contributed by atoms with E-state index >= 15 is 0 Å². The molecule has 2 rings (SSSR count). The molecular weight excluding hydrogens is 394 g/mol.